The minimum atomic E-state index is -0.125. The van der Waals surface area contributed by atoms with Crippen LogP contribution in [0.3, 0.4) is 0 Å². The van der Waals surface area contributed by atoms with Crippen molar-refractivity contribution in [3.63, 3.8) is 0 Å². The SMILES string of the molecule is Cc1cc(C)cc(OCc2nnc(SCC(=O)Nc3cc(C)ccc3C)n2N)c1. The zero-order chi connectivity index (χ0) is 21.0. The molecule has 0 aliphatic carbocycles. The van der Waals surface area contributed by atoms with Gasteiger partial charge < -0.3 is 15.9 Å². The van der Waals surface area contributed by atoms with Crippen LogP contribution in [0.2, 0.25) is 0 Å². The van der Waals surface area contributed by atoms with Gasteiger partial charge in [0.05, 0.1) is 5.75 Å². The molecule has 3 rings (SSSR count). The van der Waals surface area contributed by atoms with Crippen LogP contribution >= 0.6 is 11.8 Å². The summed E-state index contributed by atoms with van der Waals surface area (Å²) in [5, 5.41) is 11.5. The molecule has 1 aromatic heterocycles. The summed E-state index contributed by atoms with van der Waals surface area (Å²) < 4.78 is 7.14. The number of carbonyl (C=O) groups excluding carboxylic acids is 1. The minimum Gasteiger partial charge on any atom is -0.486 e. The van der Waals surface area contributed by atoms with E-state index in [1.54, 1.807) is 0 Å². The molecule has 152 valence electrons. The molecule has 0 unspecified atom stereocenters. The molecule has 2 aromatic carbocycles. The summed E-state index contributed by atoms with van der Waals surface area (Å²) in [5.41, 5.74) is 5.17. The molecule has 0 fully saturated rings. The highest BCUT2D eigenvalue weighted by atomic mass is 32.2. The molecule has 3 aromatic rings. The average molecular weight is 412 g/mol. The fourth-order valence-corrected chi connectivity index (χ4v) is 3.53. The van der Waals surface area contributed by atoms with Crippen LogP contribution in [0.4, 0.5) is 5.69 Å². The van der Waals surface area contributed by atoms with Gasteiger partial charge in [0, 0.05) is 5.69 Å². The molecule has 0 saturated carbocycles. The third-order valence-electron chi connectivity index (χ3n) is 4.30. The zero-order valence-electron chi connectivity index (χ0n) is 17.0. The number of ether oxygens (including phenoxy) is 1. The summed E-state index contributed by atoms with van der Waals surface area (Å²) in [6.07, 6.45) is 0. The molecule has 0 atom stereocenters. The van der Waals surface area contributed by atoms with Gasteiger partial charge >= 0.3 is 0 Å². The van der Waals surface area contributed by atoms with E-state index in [1.807, 2.05) is 58.0 Å². The first-order chi connectivity index (χ1) is 13.8. The Morgan fingerprint density at radius 2 is 1.79 bits per heavy atom. The lowest BCUT2D eigenvalue weighted by molar-refractivity contribution is -0.113. The molecule has 1 amide bonds. The number of anilines is 1. The number of amides is 1. The van der Waals surface area contributed by atoms with Gasteiger partial charge in [-0.15, -0.1) is 10.2 Å². The van der Waals surface area contributed by atoms with Crippen LogP contribution in [0.5, 0.6) is 5.75 Å². The highest BCUT2D eigenvalue weighted by molar-refractivity contribution is 7.99. The Morgan fingerprint density at radius 1 is 1.07 bits per heavy atom. The molecule has 0 bridgehead atoms. The fraction of sp³-hybridized carbons (Fsp3) is 0.286. The minimum absolute atomic E-state index is 0.125. The Morgan fingerprint density at radius 3 is 2.52 bits per heavy atom. The highest BCUT2D eigenvalue weighted by Gasteiger charge is 2.13. The van der Waals surface area contributed by atoms with E-state index >= 15 is 0 Å². The van der Waals surface area contributed by atoms with Crippen molar-refractivity contribution >= 4 is 23.4 Å². The second kappa shape index (κ2) is 9.00. The lowest BCUT2D eigenvalue weighted by atomic mass is 10.1. The first-order valence-corrected chi connectivity index (χ1v) is 10.2. The first-order valence-electron chi connectivity index (χ1n) is 9.22. The molecular weight excluding hydrogens is 386 g/mol. The van der Waals surface area contributed by atoms with Gasteiger partial charge in [0.25, 0.3) is 0 Å². The van der Waals surface area contributed by atoms with E-state index in [0.29, 0.717) is 11.0 Å². The second-order valence-electron chi connectivity index (χ2n) is 7.04. The predicted octanol–water partition coefficient (Wildman–Crippen LogP) is 3.54. The number of nitrogens with two attached hydrogens (primary N) is 1. The van der Waals surface area contributed by atoms with Gasteiger partial charge in [0.2, 0.25) is 11.1 Å². The van der Waals surface area contributed by atoms with Gasteiger partial charge in [-0.25, -0.2) is 4.68 Å². The number of aromatic nitrogens is 3. The van der Waals surface area contributed by atoms with Crippen molar-refractivity contribution in [1.82, 2.24) is 14.9 Å². The lowest BCUT2D eigenvalue weighted by Crippen LogP contribution is -2.18. The molecule has 0 saturated heterocycles. The Hall–Kier alpha value is -3.00. The number of nitrogens with one attached hydrogen (secondary N) is 1. The molecule has 3 N–H and O–H groups in total. The lowest BCUT2D eigenvalue weighted by Gasteiger charge is -2.09. The van der Waals surface area contributed by atoms with E-state index < -0.39 is 0 Å². The van der Waals surface area contributed by atoms with Crippen molar-refractivity contribution in [2.45, 2.75) is 39.5 Å². The van der Waals surface area contributed by atoms with Crippen LogP contribution in [-0.4, -0.2) is 26.5 Å². The van der Waals surface area contributed by atoms with Crippen LogP contribution in [0.15, 0.2) is 41.6 Å². The van der Waals surface area contributed by atoms with Gasteiger partial charge in [-0.2, -0.15) is 0 Å². The third kappa shape index (κ3) is 5.51. The summed E-state index contributed by atoms with van der Waals surface area (Å²) in [6.45, 7) is 8.18. The Bertz CT molecular complexity index is 1010. The Kier molecular flexibility index (Phi) is 6.43. The maximum atomic E-state index is 12.3. The molecule has 7 nitrogen and oxygen atoms in total. The normalized spacial score (nSPS) is 10.8. The van der Waals surface area contributed by atoms with Crippen LogP contribution in [0, 0.1) is 27.7 Å². The molecule has 0 aliphatic heterocycles. The highest BCUT2D eigenvalue weighted by Crippen LogP contribution is 2.20. The average Bonchev–Trinajstić information content (AvgIpc) is 3.00. The standard InChI is InChI=1S/C21H25N5O2S/c1-13-5-6-16(4)18(10-13)23-20(27)12-29-21-25-24-19(26(21)22)11-28-17-8-14(2)7-15(3)9-17/h5-10H,11-12,22H2,1-4H3,(H,23,27). The molecule has 1 heterocycles. The largest absolute Gasteiger partial charge is 0.486 e. The van der Waals surface area contributed by atoms with Crippen molar-refractivity contribution in [2.75, 3.05) is 16.9 Å². The number of rotatable bonds is 7. The van der Waals surface area contributed by atoms with E-state index in [1.165, 1.54) is 16.4 Å². The van der Waals surface area contributed by atoms with E-state index in [4.69, 9.17) is 10.6 Å². The topological polar surface area (TPSA) is 95.1 Å². The summed E-state index contributed by atoms with van der Waals surface area (Å²) >= 11 is 1.23. The maximum absolute atomic E-state index is 12.3. The van der Waals surface area contributed by atoms with Gasteiger partial charge in [-0.05, 0) is 68.1 Å². The fourth-order valence-electron chi connectivity index (χ4n) is 2.86. The molecule has 0 radical (unpaired) electrons. The molecule has 29 heavy (non-hydrogen) atoms. The summed E-state index contributed by atoms with van der Waals surface area (Å²) in [5.74, 6) is 7.37. The number of hydrogen-bond donors (Lipinski definition) is 2. The number of thioether (sulfide) groups is 1. The number of hydrogen-bond acceptors (Lipinski definition) is 6. The third-order valence-corrected chi connectivity index (χ3v) is 5.24. The van der Waals surface area contributed by atoms with E-state index in [0.717, 1.165) is 33.7 Å². The smallest absolute Gasteiger partial charge is 0.234 e. The molecular formula is C21H25N5O2S. The van der Waals surface area contributed by atoms with Crippen molar-refractivity contribution in [1.29, 1.82) is 0 Å². The van der Waals surface area contributed by atoms with Crippen molar-refractivity contribution in [3.8, 4) is 5.75 Å². The number of carbonyl (C=O) groups is 1. The van der Waals surface area contributed by atoms with Crippen LogP contribution in [-0.2, 0) is 11.4 Å². The quantitative estimate of drug-likeness (QED) is 0.456. The molecule has 0 aliphatic rings. The Balaban J connectivity index is 1.56. The summed E-state index contributed by atoms with van der Waals surface area (Å²) in [7, 11) is 0. The van der Waals surface area contributed by atoms with Crippen molar-refractivity contribution < 1.29 is 9.53 Å². The van der Waals surface area contributed by atoms with Gasteiger partial charge in [-0.3, -0.25) is 4.79 Å². The van der Waals surface area contributed by atoms with Crippen molar-refractivity contribution in [3.05, 3.63) is 64.5 Å². The number of benzene rings is 2. The summed E-state index contributed by atoms with van der Waals surface area (Å²) in [6, 6.07) is 11.9. The van der Waals surface area contributed by atoms with Crippen LogP contribution in [0.25, 0.3) is 0 Å². The number of nitrogen functional groups attached to an aromatic ring is 1. The monoisotopic (exact) mass is 411 g/mol. The van der Waals surface area contributed by atoms with Crippen LogP contribution in [0.1, 0.15) is 28.1 Å². The van der Waals surface area contributed by atoms with Gasteiger partial charge in [0.1, 0.15) is 12.4 Å². The van der Waals surface area contributed by atoms with E-state index in [2.05, 4.69) is 21.6 Å². The van der Waals surface area contributed by atoms with E-state index in [-0.39, 0.29) is 18.3 Å². The molecule has 0 spiro atoms. The van der Waals surface area contributed by atoms with Crippen LogP contribution < -0.4 is 15.9 Å². The second-order valence-corrected chi connectivity index (χ2v) is 7.98. The summed E-state index contributed by atoms with van der Waals surface area (Å²) in [4.78, 5) is 12.3. The zero-order valence-corrected chi connectivity index (χ0v) is 17.8. The first kappa shape index (κ1) is 20.7. The van der Waals surface area contributed by atoms with Gasteiger partial charge in [-0.1, -0.05) is 30.0 Å². The Labute approximate surface area is 174 Å². The maximum Gasteiger partial charge on any atom is 0.234 e. The van der Waals surface area contributed by atoms with Gasteiger partial charge in [0.15, 0.2) is 5.82 Å². The number of nitrogens with zero attached hydrogens (tertiary/aromatic N) is 3. The molecule has 8 heteroatoms. The van der Waals surface area contributed by atoms with E-state index in [9.17, 15) is 4.79 Å². The number of aryl methyl sites for hydroxylation is 4. The van der Waals surface area contributed by atoms with Crippen molar-refractivity contribution in [2.24, 2.45) is 0 Å². The predicted molar refractivity (Wildman–Crippen MR) is 116 cm³/mol.